The summed E-state index contributed by atoms with van der Waals surface area (Å²) in [5.41, 5.74) is 0.864. The molecular formula is C16H18O5. The van der Waals surface area contributed by atoms with Gasteiger partial charge in [-0.25, -0.2) is 0 Å². The van der Waals surface area contributed by atoms with Gasteiger partial charge < -0.3 is 9.47 Å². The number of hydrogen-bond donors (Lipinski definition) is 0. The molecule has 1 aliphatic carbocycles. The third-order valence-corrected chi connectivity index (χ3v) is 3.70. The fraction of sp³-hybridized carbons (Fsp3) is 0.438. The smallest absolute Gasteiger partial charge is 0.310 e. The van der Waals surface area contributed by atoms with E-state index in [1.165, 1.54) is 7.11 Å². The Morgan fingerprint density at radius 2 is 1.86 bits per heavy atom. The van der Waals surface area contributed by atoms with Gasteiger partial charge in [-0.15, -0.1) is 0 Å². The van der Waals surface area contributed by atoms with Crippen LogP contribution < -0.4 is 0 Å². The van der Waals surface area contributed by atoms with Crippen LogP contribution in [0.1, 0.15) is 24.8 Å². The van der Waals surface area contributed by atoms with Crippen LogP contribution in [0, 0.1) is 11.8 Å². The van der Waals surface area contributed by atoms with Gasteiger partial charge in [0.05, 0.1) is 18.9 Å². The van der Waals surface area contributed by atoms with Crippen molar-refractivity contribution < 1.29 is 23.9 Å². The van der Waals surface area contributed by atoms with Gasteiger partial charge in [0.25, 0.3) is 0 Å². The van der Waals surface area contributed by atoms with Gasteiger partial charge in [-0.2, -0.15) is 0 Å². The van der Waals surface area contributed by atoms with Crippen molar-refractivity contribution in [2.24, 2.45) is 11.8 Å². The van der Waals surface area contributed by atoms with E-state index in [1.807, 2.05) is 30.3 Å². The highest BCUT2D eigenvalue weighted by Gasteiger charge is 2.40. The first kappa shape index (κ1) is 15.2. The number of hydrogen-bond acceptors (Lipinski definition) is 5. The van der Waals surface area contributed by atoms with Gasteiger partial charge in [0, 0.05) is 12.8 Å². The van der Waals surface area contributed by atoms with Crippen molar-refractivity contribution in [3.05, 3.63) is 35.9 Å². The maximum absolute atomic E-state index is 12.2. The first-order valence-corrected chi connectivity index (χ1v) is 6.92. The summed E-state index contributed by atoms with van der Waals surface area (Å²) in [5.74, 6) is -2.30. The Hall–Kier alpha value is -2.17. The van der Waals surface area contributed by atoms with E-state index in [2.05, 4.69) is 0 Å². The third kappa shape index (κ3) is 3.90. The van der Waals surface area contributed by atoms with Gasteiger partial charge in [0.2, 0.25) is 0 Å². The van der Waals surface area contributed by atoms with Crippen LogP contribution in [0.15, 0.2) is 30.3 Å². The van der Waals surface area contributed by atoms with E-state index in [4.69, 9.17) is 9.47 Å². The summed E-state index contributed by atoms with van der Waals surface area (Å²) >= 11 is 0. The van der Waals surface area contributed by atoms with Gasteiger partial charge in [0.1, 0.15) is 12.4 Å². The van der Waals surface area contributed by atoms with E-state index < -0.39 is 23.8 Å². The van der Waals surface area contributed by atoms with Crippen LogP contribution in [0.2, 0.25) is 0 Å². The number of Topliss-reactive ketones (excluding diaryl/α,β-unsaturated/α-hetero) is 1. The van der Waals surface area contributed by atoms with E-state index in [-0.39, 0.29) is 18.8 Å². The molecular weight excluding hydrogens is 272 g/mol. The van der Waals surface area contributed by atoms with Gasteiger partial charge in [0.15, 0.2) is 0 Å². The summed E-state index contributed by atoms with van der Waals surface area (Å²) in [6.07, 6.45) is 0.701. The van der Waals surface area contributed by atoms with Crippen molar-refractivity contribution in [2.75, 3.05) is 7.11 Å². The van der Waals surface area contributed by atoms with Crippen LogP contribution in [0.4, 0.5) is 0 Å². The van der Waals surface area contributed by atoms with Crippen molar-refractivity contribution in [2.45, 2.75) is 25.9 Å². The molecule has 0 N–H and O–H groups in total. The normalized spacial score (nSPS) is 21.7. The molecule has 5 nitrogen and oxygen atoms in total. The van der Waals surface area contributed by atoms with Crippen LogP contribution in [0.25, 0.3) is 0 Å². The number of methoxy groups -OCH3 is 1. The fourth-order valence-electron chi connectivity index (χ4n) is 2.52. The molecule has 2 unspecified atom stereocenters. The minimum absolute atomic E-state index is 0.0168. The highest BCUT2D eigenvalue weighted by Crippen LogP contribution is 2.30. The molecule has 1 aromatic rings. The average Bonchev–Trinajstić information content (AvgIpc) is 2.52. The molecule has 5 heteroatoms. The molecule has 21 heavy (non-hydrogen) atoms. The minimum Gasteiger partial charge on any atom is -0.469 e. The standard InChI is InChI=1S/C16H18O5/c1-20-15(18)13-8-7-12(17)9-14(13)16(19)21-10-11-5-3-2-4-6-11/h2-6,13-14H,7-10H2,1H3. The molecule has 1 aliphatic rings. The van der Waals surface area contributed by atoms with Crippen molar-refractivity contribution in [3.8, 4) is 0 Å². The van der Waals surface area contributed by atoms with Crippen molar-refractivity contribution >= 4 is 17.7 Å². The van der Waals surface area contributed by atoms with Crippen molar-refractivity contribution in [3.63, 3.8) is 0 Å². The molecule has 1 fully saturated rings. The molecule has 1 saturated carbocycles. The molecule has 0 radical (unpaired) electrons. The Morgan fingerprint density at radius 3 is 2.52 bits per heavy atom. The molecule has 2 rings (SSSR count). The number of esters is 2. The Kier molecular flexibility index (Phi) is 5.09. The summed E-state index contributed by atoms with van der Waals surface area (Å²) in [4.78, 5) is 35.4. The number of ether oxygens (including phenoxy) is 2. The van der Waals surface area contributed by atoms with Crippen LogP contribution in [-0.4, -0.2) is 24.8 Å². The lowest BCUT2D eigenvalue weighted by Crippen LogP contribution is -2.37. The lowest BCUT2D eigenvalue weighted by molar-refractivity contribution is -0.163. The summed E-state index contributed by atoms with van der Waals surface area (Å²) in [6.45, 7) is 0.137. The minimum atomic E-state index is -0.734. The van der Waals surface area contributed by atoms with Crippen LogP contribution in [0.3, 0.4) is 0 Å². The monoisotopic (exact) mass is 290 g/mol. The van der Waals surface area contributed by atoms with Gasteiger partial charge in [-0.1, -0.05) is 30.3 Å². The highest BCUT2D eigenvalue weighted by molar-refractivity contribution is 5.90. The zero-order valence-electron chi connectivity index (χ0n) is 11.9. The van der Waals surface area contributed by atoms with E-state index in [0.29, 0.717) is 12.8 Å². The molecule has 0 aliphatic heterocycles. The summed E-state index contributed by atoms with van der Waals surface area (Å²) < 4.78 is 9.95. The lowest BCUT2D eigenvalue weighted by atomic mass is 9.78. The molecule has 0 saturated heterocycles. The Morgan fingerprint density at radius 1 is 1.14 bits per heavy atom. The van der Waals surface area contributed by atoms with Crippen molar-refractivity contribution in [1.82, 2.24) is 0 Å². The predicted octanol–water partition coefficient (Wildman–Crippen LogP) is 1.89. The summed E-state index contributed by atoms with van der Waals surface area (Å²) in [7, 11) is 1.28. The Bertz CT molecular complexity index is 523. The second kappa shape index (κ2) is 7.02. The van der Waals surface area contributed by atoms with Crippen LogP contribution in [0.5, 0.6) is 0 Å². The number of carbonyl (C=O) groups excluding carboxylic acids is 3. The first-order chi connectivity index (χ1) is 10.1. The predicted molar refractivity (Wildman–Crippen MR) is 74.1 cm³/mol. The highest BCUT2D eigenvalue weighted by atomic mass is 16.5. The van der Waals surface area contributed by atoms with E-state index in [1.54, 1.807) is 0 Å². The topological polar surface area (TPSA) is 69.7 Å². The first-order valence-electron chi connectivity index (χ1n) is 6.92. The molecule has 0 heterocycles. The van der Waals surface area contributed by atoms with E-state index in [0.717, 1.165) is 5.56 Å². The second-order valence-corrected chi connectivity index (χ2v) is 5.11. The molecule has 0 amide bonds. The van der Waals surface area contributed by atoms with Crippen molar-refractivity contribution in [1.29, 1.82) is 0 Å². The van der Waals surface area contributed by atoms with Crippen LogP contribution in [-0.2, 0) is 30.5 Å². The Balaban J connectivity index is 2.00. The van der Waals surface area contributed by atoms with Gasteiger partial charge in [-0.3, -0.25) is 14.4 Å². The van der Waals surface area contributed by atoms with E-state index >= 15 is 0 Å². The number of benzene rings is 1. The number of carbonyl (C=O) groups is 3. The zero-order valence-corrected chi connectivity index (χ0v) is 11.9. The number of ketones is 1. The third-order valence-electron chi connectivity index (χ3n) is 3.70. The molecule has 0 aromatic heterocycles. The Labute approximate surface area is 123 Å². The molecule has 2 atom stereocenters. The molecule has 1 aromatic carbocycles. The zero-order chi connectivity index (χ0) is 15.2. The van der Waals surface area contributed by atoms with Gasteiger partial charge in [-0.05, 0) is 12.0 Å². The lowest BCUT2D eigenvalue weighted by Gasteiger charge is -2.27. The van der Waals surface area contributed by atoms with E-state index in [9.17, 15) is 14.4 Å². The quantitative estimate of drug-likeness (QED) is 0.792. The average molecular weight is 290 g/mol. The maximum atomic E-state index is 12.2. The number of rotatable bonds is 4. The molecule has 0 spiro atoms. The fourth-order valence-corrected chi connectivity index (χ4v) is 2.52. The molecule has 0 bridgehead atoms. The largest absolute Gasteiger partial charge is 0.469 e. The SMILES string of the molecule is COC(=O)C1CCC(=O)CC1C(=O)OCc1ccccc1. The summed E-state index contributed by atoms with van der Waals surface area (Å²) in [6, 6.07) is 9.27. The summed E-state index contributed by atoms with van der Waals surface area (Å²) in [5, 5.41) is 0. The van der Waals surface area contributed by atoms with Gasteiger partial charge >= 0.3 is 11.9 Å². The van der Waals surface area contributed by atoms with Crippen LogP contribution >= 0.6 is 0 Å². The second-order valence-electron chi connectivity index (χ2n) is 5.11. The maximum Gasteiger partial charge on any atom is 0.310 e. The molecule has 112 valence electrons.